The molecule has 4 nitrogen and oxygen atoms in total. The summed E-state index contributed by atoms with van der Waals surface area (Å²) >= 11 is 0. The lowest BCUT2D eigenvalue weighted by molar-refractivity contribution is 0.373. The van der Waals surface area contributed by atoms with Crippen LogP contribution in [0.1, 0.15) is 13.8 Å². The molecule has 0 saturated carbocycles. The first-order valence-corrected chi connectivity index (χ1v) is 5.67. The van der Waals surface area contributed by atoms with Gasteiger partial charge in [0.25, 0.3) is 0 Å². The molecule has 0 fully saturated rings. The highest BCUT2D eigenvalue weighted by molar-refractivity contribution is 5.66. The minimum atomic E-state index is 0.435. The van der Waals surface area contributed by atoms with Gasteiger partial charge in [0, 0.05) is 25.3 Å². The molecule has 0 aliphatic rings. The Morgan fingerprint density at radius 2 is 2.12 bits per heavy atom. The predicted molar refractivity (Wildman–Crippen MR) is 69.7 cm³/mol. The first-order valence-electron chi connectivity index (χ1n) is 5.67. The van der Waals surface area contributed by atoms with E-state index in [4.69, 9.17) is 5.73 Å². The molecule has 4 heteroatoms. The number of nitrogen functional groups attached to an aromatic ring is 1. The van der Waals surface area contributed by atoms with Crippen LogP contribution in [-0.4, -0.2) is 43.1 Å². The van der Waals surface area contributed by atoms with Gasteiger partial charge in [0.2, 0.25) is 0 Å². The molecule has 0 aromatic carbocycles. The monoisotopic (exact) mass is 222 g/mol. The van der Waals surface area contributed by atoms with Crippen molar-refractivity contribution in [3.63, 3.8) is 0 Å². The first kappa shape index (κ1) is 12.8. The van der Waals surface area contributed by atoms with Gasteiger partial charge in [-0.1, -0.05) is 0 Å². The van der Waals surface area contributed by atoms with Crippen LogP contribution in [0.25, 0.3) is 0 Å². The van der Waals surface area contributed by atoms with E-state index in [-0.39, 0.29) is 0 Å². The first-order chi connectivity index (χ1) is 7.56. The van der Waals surface area contributed by atoms with Crippen molar-refractivity contribution in [1.82, 2.24) is 9.88 Å². The van der Waals surface area contributed by atoms with E-state index < -0.39 is 0 Å². The predicted octanol–water partition coefficient (Wildman–Crippen LogP) is 1.44. The second kappa shape index (κ2) is 5.70. The summed E-state index contributed by atoms with van der Waals surface area (Å²) in [5, 5.41) is 0. The number of aromatic nitrogens is 1. The highest BCUT2D eigenvalue weighted by atomic mass is 15.2. The summed E-state index contributed by atoms with van der Waals surface area (Å²) in [4.78, 5) is 8.51. The molecule has 0 spiro atoms. The fourth-order valence-corrected chi connectivity index (χ4v) is 2.01. The lowest BCUT2D eigenvalue weighted by atomic mass is 10.2. The van der Waals surface area contributed by atoms with Gasteiger partial charge < -0.3 is 15.5 Å². The average molecular weight is 222 g/mol. The third kappa shape index (κ3) is 3.10. The van der Waals surface area contributed by atoms with Crippen molar-refractivity contribution in [2.75, 3.05) is 37.8 Å². The van der Waals surface area contributed by atoms with Crippen LogP contribution in [0.5, 0.6) is 0 Å². The van der Waals surface area contributed by atoms with Gasteiger partial charge >= 0.3 is 0 Å². The highest BCUT2D eigenvalue weighted by Gasteiger charge is 2.15. The van der Waals surface area contributed by atoms with Crippen molar-refractivity contribution < 1.29 is 0 Å². The van der Waals surface area contributed by atoms with Gasteiger partial charge in [-0.05, 0) is 34.0 Å². The van der Waals surface area contributed by atoms with Crippen molar-refractivity contribution in [3.8, 4) is 0 Å². The number of nitrogens with zero attached hydrogens (tertiary/aromatic N) is 3. The molecule has 1 rings (SSSR count). The maximum atomic E-state index is 5.95. The molecule has 1 atom stereocenters. The van der Waals surface area contributed by atoms with Gasteiger partial charge in [-0.2, -0.15) is 0 Å². The number of nitrogens with two attached hydrogens (primary N) is 1. The fraction of sp³-hybridized carbons (Fsp3) is 0.583. The van der Waals surface area contributed by atoms with Crippen LogP contribution in [0.3, 0.4) is 0 Å². The number of likely N-dealkylation sites (N-methyl/N-ethyl adjacent to an activating group) is 2. The van der Waals surface area contributed by atoms with E-state index in [9.17, 15) is 0 Å². The minimum Gasteiger partial charge on any atom is -0.396 e. The molecule has 0 aliphatic heterocycles. The third-order valence-corrected chi connectivity index (χ3v) is 2.64. The standard InChI is InChI=1S/C12H22N4/c1-5-16(10(2)9-15(3)4)12-6-7-14-8-11(12)13/h6-8,10H,5,9,13H2,1-4H3. The summed E-state index contributed by atoms with van der Waals surface area (Å²) in [6.45, 7) is 6.31. The Labute approximate surface area is 98.1 Å². The van der Waals surface area contributed by atoms with Crippen LogP contribution >= 0.6 is 0 Å². The molecule has 16 heavy (non-hydrogen) atoms. The molecule has 1 aromatic heterocycles. The number of hydrogen-bond donors (Lipinski definition) is 1. The number of pyridine rings is 1. The third-order valence-electron chi connectivity index (χ3n) is 2.64. The summed E-state index contributed by atoms with van der Waals surface area (Å²) in [6.07, 6.45) is 3.50. The Morgan fingerprint density at radius 3 is 2.62 bits per heavy atom. The molecule has 0 aliphatic carbocycles. The second-order valence-electron chi connectivity index (χ2n) is 4.33. The Balaban J connectivity index is 2.86. The Kier molecular flexibility index (Phi) is 4.55. The molecule has 1 aromatic rings. The Hall–Kier alpha value is -1.29. The van der Waals surface area contributed by atoms with Crippen LogP contribution < -0.4 is 10.6 Å². The molecule has 2 N–H and O–H groups in total. The number of rotatable bonds is 5. The second-order valence-corrected chi connectivity index (χ2v) is 4.33. The van der Waals surface area contributed by atoms with Crippen molar-refractivity contribution in [3.05, 3.63) is 18.5 Å². The topological polar surface area (TPSA) is 45.4 Å². The smallest absolute Gasteiger partial charge is 0.0738 e. The van der Waals surface area contributed by atoms with E-state index in [2.05, 4.69) is 42.7 Å². The van der Waals surface area contributed by atoms with Crippen LogP contribution in [0.2, 0.25) is 0 Å². The average Bonchev–Trinajstić information content (AvgIpc) is 2.20. The molecular formula is C12H22N4. The number of hydrogen-bond acceptors (Lipinski definition) is 4. The van der Waals surface area contributed by atoms with Crippen LogP contribution in [0.15, 0.2) is 18.5 Å². The summed E-state index contributed by atoms with van der Waals surface area (Å²) in [7, 11) is 4.17. The Bertz CT molecular complexity index is 325. The van der Waals surface area contributed by atoms with Gasteiger partial charge in [0.1, 0.15) is 0 Å². The van der Waals surface area contributed by atoms with E-state index in [1.807, 2.05) is 6.07 Å². The molecule has 1 heterocycles. The lowest BCUT2D eigenvalue weighted by Crippen LogP contribution is -2.40. The maximum absolute atomic E-state index is 5.95. The van der Waals surface area contributed by atoms with E-state index in [0.717, 1.165) is 24.5 Å². The zero-order valence-corrected chi connectivity index (χ0v) is 10.6. The molecule has 1 unspecified atom stereocenters. The maximum Gasteiger partial charge on any atom is 0.0738 e. The van der Waals surface area contributed by atoms with Crippen LogP contribution in [0, 0.1) is 0 Å². The zero-order valence-electron chi connectivity index (χ0n) is 10.6. The van der Waals surface area contributed by atoms with E-state index in [1.54, 1.807) is 12.4 Å². The summed E-state index contributed by atoms with van der Waals surface area (Å²) < 4.78 is 0. The lowest BCUT2D eigenvalue weighted by Gasteiger charge is -2.32. The van der Waals surface area contributed by atoms with Crippen molar-refractivity contribution in [2.45, 2.75) is 19.9 Å². The summed E-state index contributed by atoms with van der Waals surface area (Å²) in [5.41, 5.74) is 7.77. The van der Waals surface area contributed by atoms with E-state index in [1.165, 1.54) is 0 Å². The molecular weight excluding hydrogens is 200 g/mol. The van der Waals surface area contributed by atoms with E-state index in [0.29, 0.717) is 6.04 Å². The zero-order chi connectivity index (χ0) is 12.1. The van der Waals surface area contributed by atoms with Gasteiger partial charge in [0.05, 0.1) is 17.6 Å². The minimum absolute atomic E-state index is 0.435. The normalized spacial score (nSPS) is 12.8. The molecule has 0 radical (unpaired) electrons. The quantitative estimate of drug-likeness (QED) is 0.819. The van der Waals surface area contributed by atoms with Crippen molar-refractivity contribution >= 4 is 11.4 Å². The molecule has 90 valence electrons. The molecule has 0 bridgehead atoms. The summed E-state index contributed by atoms with van der Waals surface area (Å²) in [6, 6.07) is 2.41. The van der Waals surface area contributed by atoms with Gasteiger partial charge in [-0.25, -0.2) is 0 Å². The van der Waals surface area contributed by atoms with Gasteiger partial charge in [-0.3, -0.25) is 4.98 Å². The van der Waals surface area contributed by atoms with Crippen molar-refractivity contribution in [1.29, 1.82) is 0 Å². The highest BCUT2D eigenvalue weighted by Crippen LogP contribution is 2.23. The number of anilines is 2. The largest absolute Gasteiger partial charge is 0.396 e. The van der Waals surface area contributed by atoms with Gasteiger partial charge in [-0.15, -0.1) is 0 Å². The van der Waals surface area contributed by atoms with Crippen molar-refractivity contribution in [2.24, 2.45) is 0 Å². The molecule has 0 saturated heterocycles. The molecule has 0 amide bonds. The SMILES string of the molecule is CCN(c1ccncc1N)C(C)CN(C)C. The van der Waals surface area contributed by atoms with Gasteiger partial charge in [0.15, 0.2) is 0 Å². The Morgan fingerprint density at radius 1 is 1.44 bits per heavy atom. The van der Waals surface area contributed by atoms with Crippen LogP contribution in [0.4, 0.5) is 11.4 Å². The van der Waals surface area contributed by atoms with Crippen LogP contribution in [-0.2, 0) is 0 Å². The summed E-state index contributed by atoms with van der Waals surface area (Å²) in [5.74, 6) is 0. The fourth-order valence-electron chi connectivity index (χ4n) is 2.01. The van der Waals surface area contributed by atoms with E-state index >= 15 is 0 Å².